The van der Waals surface area contributed by atoms with Crippen LogP contribution < -0.4 is 0 Å². The van der Waals surface area contributed by atoms with Crippen LogP contribution in [-0.2, 0) is 4.74 Å². The van der Waals surface area contributed by atoms with Gasteiger partial charge in [0.15, 0.2) is 0 Å². The summed E-state index contributed by atoms with van der Waals surface area (Å²) >= 11 is 0. The molecule has 1 aliphatic rings. The van der Waals surface area contributed by atoms with Crippen LogP contribution >= 0.6 is 0 Å². The van der Waals surface area contributed by atoms with Gasteiger partial charge in [0, 0.05) is 6.04 Å². The van der Waals surface area contributed by atoms with Crippen LogP contribution in [0.4, 0.5) is 0 Å². The summed E-state index contributed by atoms with van der Waals surface area (Å²) < 4.78 is 5.14. The van der Waals surface area contributed by atoms with Crippen LogP contribution in [0.2, 0.25) is 0 Å². The summed E-state index contributed by atoms with van der Waals surface area (Å²) in [7, 11) is 1.92. The van der Waals surface area contributed by atoms with Crippen molar-refractivity contribution in [3.63, 3.8) is 0 Å². The molecule has 0 bridgehead atoms. The molecule has 0 aliphatic carbocycles. The SMILES string of the molecule is CC(CC#N)N(C)[C@@H]1COC[C@H]1O. The van der Waals surface area contributed by atoms with Gasteiger partial charge in [0.25, 0.3) is 0 Å². The molecule has 1 rings (SSSR count). The Morgan fingerprint density at radius 3 is 2.85 bits per heavy atom. The maximum Gasteiger partial charge on any atom is 0.0950 e. The third kappa shape index (κ3) is 2.41. The molecule has 1 fully saturated rings. The highest BCUT2D eigenvalue weighted by atomic mass is 16.5. The molecule has 0 saturated carbocycles. The predicted molar refractivity (Wildman–Crippen MR) is 48.1 cm³/mol. The zero-order chi connectivity index (χ0) is 9.84. The maximum atomic E-state index is 9.53. The molecule has 0 spiro atoms. The molecule has 1 aliphatic heterocycles. The van der Waals surface area contributed by atoms with Crippen LogP contribution in [-0.4, -0.2) is 48.5 Å². The first-order valence-electron chi connectivity index (χ1n) is 4.51. The Bertz CT molecular complexity index is 202. The molecular weight excluding hydrogens is 168 g/mol. The summed E-state index contributed by atoms with van der Waals surface area (Å²) in [6.45, 7) is 2.95. The van der Waals surface area contributed by atoms with Gasteiger partial charge in [0.05, 0.1) is 37.8 Å². The molecule has 13 heavy (non-hydrogen) atoms. The smallest absolute Gasteiger partial charge is 0.0950 e. The first-order chi connectivity index (χ1) is 6.16. The maximum absolute atomic E-state index is 9.53. The van der Waals surface area contributed by atoms with Gasteiger partial charge in [0.2, 0.25) is 0 Å². The molecule has 0 aromatic carbocycles. The topological polar surface area (TPSA) is 56.5 Å². The number of ether oxygens (including phenoxy) is 1. The number of nitrogens with zero attached hydrogens (tertiary/aromatic N) is 2. The highest BCUT2D eigenvalue weighted by molar-refractivity contribution is 4.87. The van der Waals surface area contributed by atoms with E-state index in [0.29, 0.717) is 19.6 Å². The van der Waals surface area contributed by atoms with Gasteiger partial charge in [-0.3, -0.25) is 4.90 Å². The molecule has 3 atom stereocenters. The lowest BCUT2D eigenvalue weighted by Crippen LogP contribution is -2.45. The van der Waals surface area contributed by atoms with E-state index in [2.05, 4.69) is 6.07 Å². The van der Waals surface area contributed by atoms with Crippen molar-refractivity contribution in [2.45, 2.75) is 31.5 Å². The number of hydrogen-bond acceptors (Lipinski definition) is 4. The molecule has 0 amide bonds. The van der Waals surface area contributed by atoms with E-state index < -0.39 is 6.10 Å². The predicted octanol–water partition coefficient (Wildman–Crippen LogP) is -0.0199. The lowest BCUT2D eigenvalue weighted by atomic mass is 10.1. The van der Waals surface area contributed by atoms with Crippen LogP contribution in [0, 0.1) is 11.3 Å². The van der Waals surface area contributed by atoms with Crippen molar-refractivity contribution in [3.05, 3.63) is 0 Å². The fraction of sp³-hybridized carbons (Fsp3) is 0.889. The normalized spacial score (nSPS) is 30.4. The average Bonchev–Trinajstić information content (AvgIpc) is 2.50. The third-order valence-electron chi connectivity index (χ3n) is 2.63. The van der Waals surface area contributed by atoms with E-state index in [4.69, 9.17) is 10.00 Å². The Balaban J connectivity index is 2.46. The van der Waals surface area contributed by atoms with Crippen molar-refractivity contribution >= 4 is 0 Å². The second-order valence-corrected chi connectivity index (χ2v) is 3.55. The van der Waals surface area contributed by atoms with Crippen LogP contribution in [0.15, 0.2) is 0 Å². The first kappa shape index (κ1) is 10.5. The van der Waals surface area contributed by atoms with E-state index in [1.807, 2.05) is 18.9 Å². The van der Waals surface area contributed by atoms with Gasteiger partial charge >= 0.3 is 0 Å². The second kappa shape index (κ2) is 4.56. The quantitative estimate of drug-likeness (QED) is 0.669. The second-order valence-electron chi connectivity index (χ2n) is 3.55. The number of hydrogen-bond donors (Lipinski definition) is 1. The molecule has 0 aromatic rings. The first-order valence-corrected chi connectivity index (χ1v) is 4.51. The number of rotatable bonds is 3. The number of likely N-dealkylation sites (N-methyl/N-ethyl adjacent to an activating group) is 1. The van der Waals surface area contributed by atoms with E-state index in [1.165, 1.54) is 0 Å². The lowest BCUT2D eigenvalue weighted by Gasteiger charge is -2.29. The number of aliphatic hydroxyl groups excluding tert-OH is 1. The standard InChI is InChI=1S/C9H16N2O2/c1-7(3-4-10)11(2)8-5-13-6-9(8)12/h7-9,12H,3,5-6H2,1-2H3/t7?,8-,9-/m1/s1. The summed E-state index contributed by atoms with van der Waals surface area (Å²) in [6, 6.07) is 2.34. The summed E-state index contributed by atoms with van der Waals surface area (Å²) in [5.41, 5.74) is 0. The number of nitriles is 1. The van der Waals surface area contributed by atoms with Crippen LogP contribution in [0.1, 0.15) is 13.3 Å². The molecule has 4 nitrogen and oxygen atoms in total. The van der Waals surface area contributed by atoms with Crippen molar-refractivity contribution in [1.82, 2.24) is 4.90 Å². The Morgan fingerprint density at radius 1 is 1.69 bits per heavy atom. The van der Waals surface area contributed by atoms with Crippen molar-refractivity contribution in [2.75, 3.05) is 20.3 Å². The minimum atomic E-state index is -0.411. The molecule has 1 heterocycles. The molecule has 1 saturated heterocycles. The Kier molecular flexibility index (Phi) is 3.67. The van der Waals surface area contributed by atoms with Gasteiger partial charge in [-0.2, -0.15) is 5.26 Å². The fourth-order valence-electron chi connectivity index (χ4n) is 1.52. The van der Waals surface area contributed by atoms with Gasteiger partial charge in [-0.25, -0.2) is 0 Å². The zero-order valence-corrected chi connectivity index (χ0v) is 8.10. The summed E-state index contributed by atoms with van der Waals surface area (Å²) in [5.74, 6) is 0. The Labute approximate surface area is 78.7 Å². The molecule has 74 valence electrons. The van der Waals surface area contributed by atoms with Crippen molar-refractivity contribution in [3.8, 4) is 6.07 Å². The molecule has 1 N–H and O–H groups in total. The molecule has 1 unspecified atom stereocenters. The molecule has 0 radical (unpaired) electrons. The highest BCUT2D eigenvalue weighted by Crippen LogP contribution is 2.15. The van der Waals surface area contributed by atoms with E-state index in [9.17, 15) is 5.11 Å². The third-order valence-corrected chi connectivity index (χ3v) is 2.63. The largest absolute Gasteiger partial charge is 0.389 e. The Hall–Kier alpha value is -0.630. The van der Waals surface area contributed by atoms with Crippen molar-refractivity contribution < 1.29 is 9.84 Å². The van der Waals surface area contributed by atoms with Crippen LogP contribution in [0.3, 0.4) is 0 Å². The van der Waals surface area contributed by atoms with Crippen molar-refractivity contribution in [1.29, 1.82) is 5.26 Å². The molecule has 0 aromatic heterocycles. The lowest BCUT2D eigenvalue weighted by molar-refractivity contribution is 0.0781. The fourth-order valence-corrected chi connectivity index (χ4v) is 1.52. The average molecular weight is 184 g/mol. The molecule has 4 heteroatoms. The summed E-state index contributed by atoms with van der Waals surface area (Å²) in [6.07, 6.45) is 0.0749. The van der Waals surface area contributed by atoms with E-state index in [1.54, 1.807) is 0 Å². The van der Waals surface area contributed by atoms with Crippen molar-refractivity contribution in [2.24, 2.45) is 0 Å². The van der Waals surface area contributed by atoms with Crippen LogP contribution in [0.25, 0.3) is 0 Å². The Morgan fingerprint density at radius 2 is 2.38 bits per heavy atom. The monoisotopic (exact) mass is 184 g/mol. The van der Waals surface area contributed by atoms with Crippen LogP contribution in [0.5, 0.6) is 0 Å². The summed E-state index contributed by atoms with van der Waals surface area (Å²) in [4.78, 5) is 2.01. The minimum absolute atomic E-state index is 0.0448. The number of aliphatic hydroxyl groups is 1. The summed E-state index contributed by atoms with van der Waals surface area (Å²) in [5, 5.41) is 18.1. The van der Waals surface area contributed by atoms with Gasteiger partial charge in [-0.15, -0.1) is 0 Å². The zero-order valence-electron chi connectivity index (χ0n) is 8.10. The highest BCUT2D eigenvalue weighted by Gasteiger charge is 2.31. The molecular formula is C9H16N2O2. The van der Waals surface area contributed by atoms with E-state index in [0.717, 1.165) is 0 Å². The van der Waals surface area contributed by atoms with Gasteiger partial charge in [-0.05, 0) is 14.0 Å². The minimum Gasteiger partial charge on any atom is -0.389 e. The van der Waals surface area contributed by atoms with E-state index in [-0.39, 0.29) is 12.1 Å². The van der Waals surface area contributed by atoms with E-state index >= 15 is 0 Å². The van der Waals surface area contributed by atoms with Gasteiger partial charge < -0.3 is 9.84 Å². The van der Waals surface area contributed by atoms with Gasteiger partial charge in [-0.1, -0.05) is 0 Å². The van der Waals surface area contributed by atoms with Gasteiger partial charge in [0.1, 0.15) is 0 Å².